The Kier molecular flexibility index (Phi) is 18.1. The Bertz CT molecular complexity index is 3870. The molecule has 0 aromatic carbocycles. The Morgan fingerprint density at radius 3 is 1.15 bits per heavy atom. The lowest BCUT2D eigenvalue weighted by Gasteiger charge is -2.37. The van der Waals surface area contributed by atoms with E-state index in [-0.39, 0.29) is 41.3 Å². The van der Waals surface area contributed by atoms with E-state index in [4.69, 9.17) is 32.5 Å². The summed E-state index contributed by atoms with van der Waals surface area (Å²) >= 11 is 0. The molecule has 16 atom stereocenters. The maximum atomic E-state index is 13.3. The van der Waals surface area contributed by atoms with E-state index in [1.54, 1.807) is 12.4 Å². The summed E-state index contributed by atoms with van der Waals surface area (Å²) in [5.41, 5.74) is 23.3. The van der Waals surface area contributed by atoms with E-state index < -0.39 is 30.8 Å². The van der Waals surface area contributed by atoms with Crippen molar-refractivity contribution in [2.45, 2.75) is 197 Å². The zero-order valence-electron chi connectivity index (χ0n) is 58.2. The molecule has 6 unspecified atom stereocenters. The molecule has 17 rings (SSSR count). The van der Waals surface area contributed by atoms with Crippen molar-refractivity contribution in [1.29, 1.82) is 0 Å². The standard InChI is InChI=1S/C24H31F3N6.C24H32F2N6O.C24H34F2N6O/c1-12(2)33-21(8-20(30-33)13-4-19(24(25,26)27)23(28)29-9-13)22-17-6-14(7-18(17)22)32-11-15-5-16(32)10-31(15)3;1-12(2)32-20(8-19(29-32)13-4-21(33-24(25)26)23(27)28-9-13)22-17-6-14(7-18(17)22)31-11-15-5-16(31)10-30(15)3;1-14(2)32-20(12-19(29-32)15-9-21(33-24(25)26)23(27)28-13-15)22-17-10-16(11-18(17)22)31-6-4-5-30(3)7-8-31/h4,8-9,12,14-18,22H,5-7,10-11H2,1-3H3,(H2,28,29);4,8-9,12,14-18,22,24H,5-7,10-11H2,1-3H3,(H2,27,28);9,12-14,16-18,22,24H,4-8,10-11H2,1-3H3,(H2,27,28)/t2*14?,15-,16-,17-,18+,22?;16?,17-,18+,22?/m00./s1. The van der Waals surface area contributed by atoms with Crippen LogP contribution in [-0.4, -0.2) is 203 Å². The number of nitrogen functional groups attached to an aromatic ring is 3. The largest absolute Gasteiger partial charge is 0.431 e. The lowest BCUT2D eigenvalue weighted by molar-refractivity contribution is -0.137. The van der Waals surface area contributed by atoms with Crippen LogP contribution >= 0.6 is 0 Å². The summed E-state index contributed by atoms with van der Waals surface area (Å²) in [4.78, 5) is 27.6. The summed E-state index contributed by atoms with van der Waals surface area (Å²) in [7, 11) is 6.71. The molecule has 20 nitrogen and oxygen atoms in total. The molecule has 11 fully saturated rings. The molecule has 6 aromatic rings. The molecule has 27 heteroatoms. The van der Waals surface area contributed by atoms with Gasteiger partial charge in [-0.1, -0.05) is 0 Å². The fraction of sp³-hybridized carbons (Fsp3) is 0.667. The first-order valence-electron chi connectivity index (χ1n) is 36.1. The highest BCUT2D eigenvalue weighted by Gasteiger charge is 2.63. The number of alkyl halides is 7. The van der Waals surface area contributed by atoms with Gasteiger partial charge in [-0.15, -0.1) is 0 Å². The van der Waals surface area contributed by atoms with Gasteiger partial charge in [0.25, 0.3) is 0 Å². The van der Waals surface area contributed by atoms with E-state index in [1.807, 2.05) is 10.7 Å². The predicted molar refractivity (Wildman–Crippen MR) is 364 cm³/mol. The third-order valence-electron chi connectivity index (χ3n) is 24.7. The predicted octanol–water partition coefficient (Wildman–Crippen LogP) is 11.4. The molecule has 6 aliphatic carbocycles. The van der Waals surface area contributed by atoms with Crippen molar-refractivity contribution in [1.82, 2.24) is 73.7 Å². The minimum absolute atomic E-state index is 0.0489. The first-order chi connectivity index (χ1) is 47.2. The summed E-state index contributed by atoms with van der Waals surface area (Å²) in [5.74, 6) is 4.86. The van der Waals surface area contributed by atoms with Crippen LogP contribution in [0.2, 0.25) is 0 Å². The van der Waals surface area contributed by atoms with Crippen LogP contribution in [0.4, 0.5) is 48.2 Å². The number of nitrogens with two attached hydrogens (primary N) is 3. The van der Waals surface area contributed by atoms with E-state index in [1.165, 1.54) is 133 Å². The van der Waals surface area contributed by atoms with Gasteiger partial charge in [0.1, 0.15) is 5.82 Å². The number of nitrogens with zero attached hydrogens (tertiary/aromatic N) is 15. The minimum Gasteiger partial charge on any atom is -0.431 e. The highest BCUT2D eigenvalue weighted by Crippen LogP contribution is 2.67. The van der Waals surface area contributed by atoms with Crippen molar-refractivity contribution in [3.05, 3.63) is 77.6 Å². The van der Waals surface area contributed by atoms with Crippen molar-refractivity contribution >= 4 is 17.5 Å². The number of rotatable bonds is 16. The fourth-order valence-corrected chi connectivity index (χ4v) is 19.8. The summed E-state index contributed by atoms with van der Waals surface area (Å²) in [6, 6.07) is 15.9. The van der Waals surface area contributed by atoms with Gasteiger partial charge in [-0.05, 0) is 205 Å². The molecular formula is C72H97F7N18O2. The van der Waals surface area contributed by atoms with Gasteiger partial charge < -0.3 is 41.4 Å². The molecule has 5 saturated heterocycles. The summed E-state index contributed by atoms with van der Waals surface area (Å²) in [6.45, 7) is 16.3. The molecule has 11 heterocycles. The number of aromatic nitrogens is 9. The fourth-order valence-electron chi connectivity index (χ4n) is 19.8. The van der Waals surface area contributed by atoms with E-state index in [0.717, 1.165) is 71.7 Å². The highest BCUT2D eigenvalue weighted by atomic mass is 19.4. The quantitative estimate of drug-likeness (QED) is 0.0770. The maximum Gasteiger partial charge on any atom is 0.419 e. The highest BCUT2D eigenvalue weighted by molar-refractivity contribution is 5.67. The van der Waals surface area contributed by atoms with Crippen LogP contribution in [0.1, 0.15) is 158 Å². The second-order valence-corrected chi connectivity index (χ2v) is 31.6. The number of halogens is 7. The number of fused-ring (bicyclic) bond motifs is 7. The third kappa shape index (κ3) is 13.2. The molecule has 6 saturated carbocycles. The zero-order chi connectivity index (χ0) is 69.5. The molecule has 0 radical (unpaired) electrons. The number of anilines is 3. The van der Waals surface area contributed by atoms with Crippen LogP contribution in [0.5, 0.6) is 11.5 Å². The molecule has 0 amide bonds. The number of hydrogen-bond acceptors (Lipinski definition) is 17. The van der Waals surface area contributed by atoms with Gasteiger partial charge in [0, 0.05) is 170 Å². The van der Waals surface area contributed by atoms with Crippen LogP contribution in [0.25, 0.3) is 33.8 Å². The topological polar surface area (TPSA) is 208 Å². The number of ether oxygens (including phenoxy) is 2. The second kappa shape index (κ2) is 26.3. The van der Waals surface area contributed by atoms with E-state index in [9.17, 15) is 30.7 Å². The number of piperazine rings is 2. The first-order valence-corrected chi connectivity index (χ1v) is 36.1. The Balaban J connectivity index is 0.000000121. The molecule has 5 aliphatic heterocycles. The lowest BCUT2D eigenvalue weighted by Crippen LogP contribution is -2.48. The Morgan fingerprint density at radius 2 is 0.808 bits per heavy atom. The molecular weight excluding hydrogens is 1280 g/mol. The lowest BCUT2D eigenvalue weighted by atomic mass is 10.0. The summed E-state index contributed by atoms with van der Waals surface area (Å²) in [5, 5.41) is 14.4. The minimum atomic E-state index is -4.54. The van der Waals surface area contributed by atoms with Crippen molar-refractivity contribution in [3.63, 3.8) is 0 Å². The molecule has 6 N–H and O–H groups in total. The van der Waals surface area contributed by atoms with Gasteiger partial charge in [-0.2, -0.15) is 46.0 Å². The van der Waals surface area contributed by atoms with E-state index >= 15 is 0 Å². The Morgan fingerprint density at radius 1 is 0.434 bits per heavy atom. The molecule has 6 aromatic heterocycles. The third-order valence-corrected chi connectivity index (χ3v) is 24.7. The maximum absolute atomic E-state index is 13.3. The van der Waals surface area contributed by atoms with Crippen LogP contribution in [0.15, 0.2) is 55.0 Å². The van der Waals surface area contributed by atoms with Crippen LogP contribution in [-0.2, 0) is 6.18 Å². The molecule has 4 bridgehead atoms. The number of hydrogen-bond donors (Lipinski definition) is 3. The molecule has 99 heavy (non-hydrogen) atoms. The van der Waals surface area contributed by atoms with Crippen LogP contribution in [0.3, 0.4) is 0 Å². The number of likely N-dealkylation sites (N-methyl/N-ethyl adjacent to an activating group) is 3. The SMILES string of the molecule is CC(C)n1nc(-c2cnc(N)c(C(F)(F)F)c2)cc1C1[C@H]2CC(N3C[C@@H]4C[C@H]3CN4C)C[C@@H]12.CC(C)n1nc(-c2cnc(N)c(OC(F)F)c2)cc1C1[C@H]2CC(N3CCCN(C)CC3)C[C@@H]12.CC(C)n1nc(-c2cnc(N)c(OC(F)F)c2)cc1C1[C@H]2CC(N3C[C@@H]4C[C@H]3CN4C)C[C@@H]12. The average Bonchev–Trinajstić information content (AvgIpc) is 1.56. The first kappa shape index (κ1) is 68.1. The van der Waals surface area contributed by atoms with Crippen molar-refractivity contribution in [2.75, 3.05) is 90.7 Å². The van der Waals surface area contributed by atoms with Gasteiger partial charge in [0.05, 0.1) is 22.6 Å². The number of likely N-dealkylation sites (tertiary alicyclic amines) is 4. The summed E-state index contributed by atoms with van der Waals surface area (Å²) in [6.07, 6.45) is 11.4. The van der Waals surface area contributed by atoms with Crippen molar-refractivity contribution < 1.29 is 40.2 Å². The molecule has 11 aliphatic rings. The van der Waals surface area contributed by atoms with E-state index in [2.05, 4.69) is 138 Å². The normalized spacial score (nSPS) is 31.9. The van der Waals surface area contributed by atoms with Crippen LogP contribution in [0, 0.1) is 35.5 Å². The average molecular weight is 1380 g/mol. The number of pyridine rings is 3. The summed E-state index contributed by atoms with van der Waals surface area (Å²) < 4.78 is 106. The molecule has 0 spiro atoms. The smallest absolute Gasteiger partial charge is 0.419 e. The Labute approximate surface area is 575 Å². The van der Waals surface area contributed by atoms with Gasteiger partial charge in [0.2, 0.25) is 0 Å². The second-order valence-electron chi connectivity index (χ2n) is 31.6. The van der Waals surface area contributed by atoms with Crippen molar-refractivity contribution in [3.8, 4) is 45.3 Å². The van der Waals surface area contributed by atoms with Crippen molar-refractivity contribution in [2.24, 2.45) is 35.5 Å². The van der Waals surface area contributed by atoms with Gasteiger partial charge in [-0.25, -0.2) is 15.0 Å². The van der Waals surface area contributed by atoms with Gasteiger partial charge in [0.15, 0.2) is 23.1 Å². The monoisotopic (exact) mass is 1380 g/mol. The van der Waals surface area contributed by atoms with E-state index in [0.29, 0.717) is 75.9 Å². The Hall–Kier alpha value is -6.65. The van der Waals surface area contributed by atoms with Crippen LogP contribution < -0.4 is 26.7 Å². The molecule has 536 valence electrons. The van der Waals surface area contributed by atoms with Gasteiger partial charge in [-0.3, -0.25) is 28.7 Å². The zero-order valence-corrected chi connectivity index (χ0v) is 58.2. The van der Waals surface area contributed by atoms with Gasteiger partial charge >= 0.3 is 19.4 Å².